The van der Waals surface area contributed by atoms with Crippen molar-refractivity contribution in [2.24, 2.45) is 0 Å². The highest BCUT2D eigenvalue weighted by Crippen LogP contribution is 2.11. The largest absolute Gasteiger partial charge is 0.310 e. The minimum atomic E-state index is -0.0898. The van der Waals surface area contributed by atoms with Crippen molar-refractivity contribution in [1.82, 2.24) is 4.98 Å². The number of carbonyl (C=O) groups is 1. The standard InChI is InChI=1S/C10H12N2O/c1-8(2)10(13)12(3)9-5-4-6-11-7-9/h4-7H,1H2,2-3H3. The Morgan fingerprint density at radius 2 is 2.31 bits per heavy atom. The first-order valence-corrected chi connectivity index (χ1v) is 3.96. The van der Waals surface area contributed by atoms with Crippen molar-refractivity contribution in [3.63, 3.8) is 0 Å². The lowest BCUT2D eigenvalue weighted by molar-refractivity contribution is -0.114. The second-order valence-corrected chi connectivity index (χ2v) is 2.86. The van der Waals surface area contributed by atoms with Gasteiger partial charge in [0.05, 0.1) is 11.9 Å². The zero-order chi connectivity index (χ0) is 9.84. The molecule has 1 aromatic heterocycles. The predicted molar refractivity (Wildman–Crippen MR) is 52.5 cm³/mol. The summed E-state index contributed by atoms with van der Waals surface area (Å²) in [7, 11) is 1.70. The number of anilines is 1. The summed E-state index contributed by atoms with van der Waals surface area (Å²) in [5.74, 6) is -0.0898. The molecule has 0 aliphatic carbocycles. The van der Waals surface area contributed by atoms with Crippen LogP contribution >= 0.6 is 0 Å². The summed E-state index contributed by atoms with van der Waals surface area (Å²) in [4.78, 5) is 16.9. The minimum Gasteiger partial charge on any atom is -0.310 e. The Labute approximate surface area is 77.7 Å². The Balaban J connectivity index is 2.86. The number of nitrogens with zero attached hydrogens (tertiary/aromatic N) is 2. The molecule has 0 saturated heterocycles. The molecule has 0 unspecified atom stereocenters. The molecule has 1 amide bonds. The molecule has 1 heterocycles. The van der Waals surface area contributed by atoms with Gasteiger partial charge in [0, 0.05) is 18.8 Å². The normalized spacial score (nSPS) is 9.38. The fourth-order valence-corrected chi connectivity index (χ4v) is 0.956. The molecule has 0 bridgehead atoms. The summed E-state index contributed by atoms with van der Waals surface area (Å²) >= 11 is 0. The van der Waals surface area contributed by atoms with Gasteiger partial charge in [-0.1, -0.05) is 6.58 Å². The van der Waals surface area contributed by atoms with Crippen LogP contribution in [0.1, 0.15) is 6.92 Å². The third kappa shape index (κ3) is 2.15. The van der Waals surface area contributed by atoms with Crippen molar-refractivity contribution in [2.75, 3.05) is 11.9 Å². The summed E-state index contributed by atoms with van der Waals surface area (Å²) in [5, 5.41) is 0. The first kappa shape index (κ1) is 9.45. The number of carbonyl (C=O) groups excluding carboxylic acids is 1. The van der Waals surface area contributed by atoms with Crippen molar-refractivity contribution >= 4 is 11.6 Å². The fourth-order valence-electron chi connectivity index (χ4n) is 0.956. The molecule has 0 atom stereocenters. The first-order chi connectivity index (χ1) is 6.13. The van der Waals surface area contributed by atoms with Gasteiger partial charge in [0.2, 0.25) is 0 Å². The Bertz CT molecular complexity index is 319. The molecule has 3 heteroatoms. The molecule has 0 aliphatic heterocycles. The van der Waals surface area contributed by atoms with E-state index in [1.165, 1.54) is 4.90 Å². The van der Waals surface area contributed by atoms with Crippen LogP contribution in [-0.2, 0) is 4.79 Å². The monoisotopic (exact) mass is 176 g/mol. The van der Waals surface area contributed by atoms with Crippen LogP contribution in [0.3, 0.4) is 0 Å². The Morgan fingerprint density at radius 1 is 1.62 bits per heavy atom. The third-order valence-corrected chi connectivity index (χ3v) is 1.70. The van der Waals surface area contributed by atoms with Gasteiger partial charge >= 0.3 is 0 Å². The van der Waals surface area contributed by atoms with E-state index in [1.807, 2.05) is 6.07 Å². The number of aromatic nitrogens is 1. The number of rotatable bonds is 2. The molecule has 0 aliphatic rings. The molecule has 68 valence electrons. The summed E-state index contributed by atoms with van der Waals surface area (Å²) in [5.41, 5.74) is 1.29. The van der Waals surface area contributed by atoms with Crippen LogP contribution in [0.5, 0.6) is 0 Å². The van der Waals surface area contributed by atoms with Crippen LogP contribution in [-0.4, -0.2) is 17.9 Å². The molecule has 13 heavy (non-hydrogen) atoms. The van der Waals surface area contributed by atoms with Crippen molar-refractivity contribution in [1.29, 1.82) is 0 Å². The molecular weight excluding hydrogens is 164 g/mol. The maximum absolute atomic E-state index is 11.4. The zero-order valence-corrected chi connectivity index (χ0v) is 7.82. The summed E-state index contributed by atoms with van der Waals surface area (Å²) in [6.07, 6.45) is 3.31. The van der Waals surface area contributed by atoms with Gasteiger partial charge in [-0.05, 0) is 19.1 Å². The lowest BCUT2D eigenvalue weighted by atomic mass is 10.3. The topological polar surface area (TPSA) is 33.2 Å². The maximum Gasteiger partial charge on any atom is 0.253 e. The maximum atomic E-state index is 11.4. The lowest BCUT2D eigenvalue weighted by Crippen LogP contribution is -2.26. The van der Waals surface area contributed by atoms with Gasteiger partial charge in [0.25, 0.3) is 5.91 Å². The molecule has 0 N–H and O–H groups in total. The van der Waals surface area contributed by atoms with E-state index < -0.39 is 0 Å². The predicted octanol–water partition coefficient (Wildman–Crippen LogP) is 1.62. The molecule has 1 aromatic rings. The summed E-state index contributed by atoms with van der Waals surface area (Å²) < 4.78 is 0. The second kappa shape index (κ2) is 3.85. The average molecular weight is 176 g/mol. The molecule has 0 aromatic carbocycles. The van der Waals surface area contributed by atoms with Gasteiger partial charge in [-0.25, -0.2) is 0 Å². The highest BCUT2D eigenvalue weighted by Gasteiger charge is 2.10. The number of pyridine rings is 1. The molecular formula is C10H12N2O. The van der Waals surface area contributed by atoms with Crippen LogP contribution in [0, 0.1) is 0 Å². The van der Waals surface area contributed by atoms with Crippen LogP contribution < -0.4 is 4.90 Å². The van der Waals surface area contributed by atoms with E-state index >= 15 is 0 Å². The third-order valence-electron chi connectivity index (χ3n) is 1.70. The van der Waals surface area contributed by atoms with Crippen molar-refractivity contribution in [2.45, 2.75) is 6.92 Å². The highest BCUT2D eigenvalue weighted by atomic mass is 16.2. The van der Waals surface area contributed by atoms with E-state index in [-0.39, 0.29) is 5.91 Å². The SMILES string of the molecule is C=C(C)C(=O)N(C)c1cccnc1. The number of likely N-dealkylation sites (N-methyl/N-ethyl adjacent to an activating group) is 1. The molecule has 0 saturated carbocycles. The van der Waals surface area contributed by atoms with Gasteiger partial charge in [0.1, 0.15) is 0 Å². The van der Waals surface area contributed by atoms with Crippen molar-refractivity contribution in [3.05, 3.63) is 36.7 Å². The van der Waals surface area contributed by atoms with Gasteiger partial charge in [-0.3, -0.25) is 9.78 Å². The Hall–Kier alpha value is -1.64. The highest BCUT2D eigenvalue weighted by molar-refractivity contribution is 6.04. The summed E-state index contributed by atoms with van der Waals surface area (Å²) in [6.45, 7) is 5.28. The van der Waals surface area contributed by atoms with E-state index in [0.717, 1.165) is 5.69 Å². The van der Waals surface area contributed by atoms with Gasteiger partial charge in [-0.15, -0.1) is 0 Å². The second-order valence-electron chi connectivity index (χ2n) is 2.86. The van der Waals surface area contributed by atoms with E-state index in [4.69, 9.17) is 0 Å². The average Bonchev–Trinajstić information content (AvgIpc) is 2.17. The van der Waals surface area contributed by atoms with Crippen LogP contribution in [0.2, 0.25) is 0 Å². The number of hydrogen-bond donors (Lipinski definition) is 0. The van der Waals surface area contributed by atoms with E-state index in [2.05, 4.69) is 11.6 Å². The summed E-state index contributed by atoms with van der Waals surface area (Å²) in [6, 6.07) is 3.62. The fraction of sp³-hybridized carbons (Fsp3) is 0.200. The van der Waals surface area contributed by atoms with E-state index in [9.17, 15) is 4.79 Å². The number of amides is 1. The van der Waals surface area contributed by atoms with Crippen molar-refractivity contribution in [3.8, 4) is 0 Å². The molecule has 0 fully saturated rings. The van der Waals surface area contributed by atoms with Crippen molar-refractivity contribution < 1.29 is 4.79 Å². The molecule has 0 radical (unpaired) electrons. The van der Waals surface area contributed by atoms with Gasteiger partial charge in [0.15, 0.2) is 0 Å². The number of hydrogen-bond acceptors (Lipinski definition) is 2. The Morgan fingerprint density at radius 3 is 2.77 bits per heavy atom. The zero-order valence-electron chi connectivity index (χ0n) is 7.82. The molecule has 3 nitrogen and oxygen atoms in total. The van der Waals surface area contributed by atoms with Gasteiger partial charge in [-0.2, -0.15) is 0 Å². The Kier molecular flexibility index (Phi) is 2.80. The minimum absolute atomic E-state index is 0.0898. The van der Waals surface area contributed by atoms with Crippen LogP contribution in [0.4, 0.5) is 5.69 Å². The quantitative estimate of drug-likeness (QED) is 0.641. The lowest BCUT2D eigenvalue weighted by Gasteiger charge is -2.16. The molecule has 0 spiro atoms. The smallest absolute Gasteiger partial charge is 0.253 e. The van der Waals surface area contributed by atoms with Crippen LogP contribution in [0.15, 0.2) is 36.7 Å². The molecule has 1 rings (SSSR count). The van der Waals surface area contributed by atoms with Gasteiger partial charge < -0.3 is 4.90 Å². The van der Waals surface area contributed by atoms with Crippen LogP contribution in [0.25, 0.3) is 0 Å². The van der Waals surface area contributed by atoms with E-state index in [0.29, 0.717) is 5.57 Å². The first-order valence-electron chi connectivity index (χ1n) is 3.96. The van der Waals surface area contributed by atoms with E-state index in [1.54, 1.807) is 32.4 Å².